The molecule has 0 amide bonds. The van der Waals surface area contributed by atoms with E-state index in [1.807, 2.05) is 7.05 Å². The van der Waals surface area contributed by atoms with Crippen LogP contribution in [0.4, 0.5) is 0 Å². The number of nitrogens with zero attached hydrogens (tertiary/aromatic N) is 2. The van der Waals surface area contributed by atoms with Crippen molar-refractivity contribution in [2.45, 2.75) is 38.5 Å². The van der Waals surface area contributed by atoms with Gasteiger partial charge >= 0.3 is 0 Å². The molecular weight excluding hydrogens is 377 g/mol. The van der Waals surface area contributed by atoms with Gasteiger partial charge in [-0.25, -0.2) is 0 Å². The molecule has 1 atom stereocenters. The van der Waals surface area contributed by atoms with Crippen molar-refractivity contribution < 1.29 is 4.74 Å². The molecule has 4 rings (SSSR count). The van der Waals surface area contributed by atoms with Crippen molar-refractivity contribution in [3.05, 3.63) is 0 Å². The first kappa shape index (κ1) is 15.8. The van der Waals surface area contributed by atoms with Crippen molar-refractivity contribution >= 4 is 29.9 Å². The predicted molar refractivity (Wildman–Crippen MR) is 95.2 cm³/mol. The van der Waals surface area contributed by atoms with E-state index in [-0.39, 0.29) is 24.0 Å². The molecule has 0 radical (unpaired) electrons. The van der Waals surface area contributed by atoms with Crippen LogP contribution in [0.1, 0.15) is 38.5 Å². The minimum Gasteiger partial charge on any atom is -0.381 e. The number of halogens is 1. The zero-order valence-electron chi connectivity index (χ0n) is 13.1. The van der Waals surface area contributed by atoms with Gasteiger partial charge in [-0.1, -0.05) is 0 Å². The molecule has 2 aliphatic heterocycles. The Morgan fingerprint density at radius 1 is 1.29 bits per heavy atom. The SMILES string of the molecule is CN=C(NCC1(C2CC2)CC1)N1CCC2(CCOC2)C1.I. The van der Waals surface area contributed by atoms with Crippen LogP contribution in [0.15, 0.2) is 4.99 Å². The summed E-state index contributed by atoms with van der Waals surface area (Å²) in [7, 11) is 1.93. The molecule has 0 aromatic carbocycles. The van der Waals surface area contributed by atoms with E-state index in [9.17, 15) is 0 Å². The van der Waals surface area contributed by atoms with Gasteiger partial charge in [-0.3, -0.25) is 4.99 Å². The fourth-order valence-corrected chi connectivity index (χ4v) is 4.26. The summed E-state index contributed by atoms with van der Waals surface area (Å²) in [6, 6.07) is 0. The number of hydrogen-bond acceptors (Lipinski definition) is 2. The number of likely N-dealkylation sites (tertiary alicyclic amines) is 1. The zero-order valence-corrected chi connectivity index (χ0v) is 15.4. The lowest BCUT2D eigenvalue weighted by molar-refractivity contribution is 0.156. The van der Waals surface area contributed by atoms with Crippen LogP contribution in [0.2, 0.25) is 0 Å². The quantitative estimate of drug-likeness (QED) is 0.446. The van der Waals surface area contributed by atoms with Gasteiger partial charge in [-0.15, -0.1) is 24.0 Å². The van der Waals surface area contributed by atoms with E-state index in [2.05, 4.69) is 15.2 Å². The van der Waals surface area contributed by atoms with Crippen molar-refractivity contribution in [3.63, 3.8) is 0 Å². The standard InChI is InChI=1S/C16H27N3O.HI/c1-17-14(18-10-16(4-5-16)13-2-3-13)19-8-6-15(11-19)7-9-20-12-15;/h13H,2-12H2,1H3,(H,17,18);1H. The van der Waals surface area contributed by atoms with E-state index in [1.165, 1.54) is 38.5 Å². The van der Waals surface area contributed by atoms with Crippen LogP contribution < -0.4 is 5.32 Å². The van der Waals surface area contributed by atoms with Gasteiger partial charge in [0.05, 0.1) is 6.61 Å². The van der Waals surface area contributed by atoms with Crippen LogP contribution in [0, 0.1) is 16.7 Å². The Morgan fingerprint density at radius 2 is 2.10 bits per heavy atom. The van der Waals surface area contributed by atoms with E-state index in [1.54, 1.807) is 0 Å². The Bertz CT molecular complexity index is 412. The minimum atomic E-state index is 0. The summed E-state index contributed by atoms with van der Waals surface area (Å²) >= 11 is 0. The number of ether oxygens (including phenoxy) is 1. The van der Waals surface area contributed by atoms with Crippen LogP contribution in [0.25, 0.3) is 0 Å². The Kier molecular flexibility index (Phi) is 4.43. The van der Waals surface area contributed by atoms with Crippen molar-refractivity contribution in [2.75, 3.05) is 39.9 Å². The third-order valence-corrected chi connectivity index (χ3v) is 6.07. The minimum absolute atomic E-state index is 0. The molecule has 0 aromatic rings. The van der Waals surface area contributed by atoms with Crippen molar-refractivity contribution in [2.24, 2.45) is 21.7 Å². The fraction of sp³-hybridized carbons (Fsp3) is 0.938. The summed E-state index contributed by atoms with van der Waals surface area (Å²) in [6.07, 6.45) is 8.28. The lowest BCUT2D eigenvalue weighted by atomic mass is 9.87. The lowest BCUT2D eigenvalue weighted by Gasteiger charge is -2.26. The maximum absolute atomic E-state index is 5.62. The molecule has 0 bridgehead atoms. The summed E-state index contributed by atoms with van der Waals surface area (Å²) in [4.78, 5) is 6.98. The van der Waals surface area contributed by atoms with Crippen molar-refractivity contribution in [3.8, 4) is 0 Å². The van der Waals surface area contributed by atoms with Crippen LogP contribution >= 0.6 is 24.0 Å². The van der Waals surface area contributed by atoms with Crippen LogP contribution in [0.3, 0.4) is 0 Å². The highest BCUT2D eigenvalue weighted by atomic mass is 127. The molecule has 21 heavy (non-hydrogen) atoms. The molecule has 0 aromatic heterocycles. The summed E-state index contributed by atoms with van der Waals surface area (Å²) in [5.41, 5.74) is 1.06. The lowest BCUT2D eigenvalue weighted by Crippen LogP contribution is -2.43. The first-order chi connectivity index (χ1) is 9.75. The van der Waals surface area contributed by atoms with Gasteiger partial charge in [-0.2, -0.15) is 0 Å². The molecule has 2 aliphatic carbocycles. The van der Waals surface area contributed by atoms with Crippen molar-refractivity contribution in [1.82, 2.24) is 10.2 Å². The molecule has 5 heteroatoms. The van der Waals surface area contributed by atoms with E-state index >= 15 is 0 Å². The maximum atomic E-state index is 5.62. The van der Waals surface area contributed by atoms with Gasteiger partial charge in [0.25, 0.3) is 0 Å². The van der Waals surface area contributed by atoms with E-state index in [4.69, 9.17) is 4.74 Å². The zero-order chi connectivity index (χ0) is 13.6. The van der Waals surface area contributed by atoms with E-state index in [0.717, 1.165) is 44.7 Å². The van der Waals surface area contributed by atoms with Gasteiger partial charge in [0.15, 0.2) is 5.96 Å². The second kappa shape index (κ2) is 5.87. The molecule has 1 N–H and O–H groups in total. The molecule has 2 heterocycles. The second-order valence-corrected chi connectivity index (χ2v) is 7.51. The molecule has 4 fully saturated rings. The number of nitrogens with one attached hydrogen (secondary N) is 1. The van der Waals surface area contributed by atoms with Gasteiger partial charge < -0.3 is 15.0 Å². The summed E-state index contributed by atoms with van der Waals surface area (Å²) in [6.45, 7) is 5.31. The normalized spacial score (nSPS) is 34.1. The number of aliphatic imine (C=N–C) groups is 1. The summed E-state index contributed by atoms with van der Waals surface area (Å²) in [5.74, 6) is 2.14. The largest absolute Gasteiger partial charge is 0.381 e. The van der Waals surface area contributed by atoms with E-state index < -0.39 is 0 Å². The van der Waals surface area contributed by atoms with Crippen molar-refractivity contribution in [1.29, 1.82) is 0 Å². The molecular formula is C16H28IN3O. The number of rotatable bonds is 3. The first-order valence-electron chi connectivity index (χ1n) is 8.29. The Labute approximate surface area is 145 Å². The van der Waals surface area contributed by atoms with E-state index in [0.29, 0.717) is 10.8 Å². The Balaban J connectivity index is 0.00000132. The molecule has 120 valence electrons. The maximum Gasteiger partial charge on any atom is 0.193 e. The monoisotopic (exact) mass is 405 g/mol. The topological polar surface area (TPSA) is 36.9 Å². The third-order valence-electron chi connectivity index (χ3n) is 6.07. The highest BCUT2D eigenvalue weighted by molar-refractivity contribution is 14.0. The third kappa shape index (κ3) is 3.05. The molecule has 4 nitrogen and oxygen atoms in total. The molecule has 2 saturated carbocycles. The number of guanidine groups is 1. The molecule has 2 saturated heterocycles. The van der Waals surface area contributed by atoms with Crippen LogP contribution in [-0.4, -0.2) is 50.8 Å². The fourth-order valence-electron chi connectivity index (χ4n) is 4.26. The van der Waals surface area contributed by atoms with Gasteiger partial charge in [0.1, 0.15) is 0 Å². The first-order valence-corrected chi connectivity index (χ1v) is 8.29. The average molecular weight is 405 g/mol. The summed E-state index contributed by atoms with van der Waals surface area (Å²) < 4.78 is 5.62. The predicted octanol–water partition coefficient (Wildman–Crippen LogP) is 2.48. The second-order valence-electron chi connectivity index (χ2n) is 7.51. The number of hydrogen-bond donors (Lipinski definition) is 1. The Morgan fingerprint density at radius 3 is 2.67 bits per heavy atom. The average Bonchev–Trinajstić information content (AvgIpc) is 3.37. The van der Waals surface area contributed by atoms with Crippen LogP contribution in [0.5, 0.6) is 0 Å². The molecule has 1 unspecified atom stereocenters. The van der Waals surface area contributed by atoms with Gasteiger partial charge in [0.2, 0.25) is 0 Å². The molecule has 1 spiro atoms. The van der Waals surface area contributed by atoms with Gasteiger partial charge in [-0.05, 0) is 49.9 Å². The highest BCUT2D eigenvalue weighted by Crippen LogP contribution is 2.60. The summed E-state index contributed by atoms with van der Waals surface area (Å²) in [5, 5.41) is 3.68. The Hall–Kier alpha value is -0.0400. The smallest absolute Gasteiger partial charge is 0.193 e. The van der Waals surface area contributed by atoms with Gasteiger partial charge in [0, 0.05) is 38.7 Å². The highest BCUT2D eigenvalue weighted by Gasteiger charge is 2.53. The molecule has 4 aliphatic rings. The van der Waals surface area contributed by atoms with Crippen LogP contribution in [-0.2, 0) is 4.74 Å².